The van der Waals surface area contributed by atoms with E-state index in [0.29, 0.717) is 17.5 Å². The Balaban J connectivity index is 2.52. The van der Waals surface area contributed by atoms with Gasteiger partial charge in [0.05, 0.1) is 18.4 Å². The molecule has 0 bridgehead atoms. The summed E-state index contributed by atoms with van der Waals surface area (Å²) in [4.78, 5) is 7.63. The highest BCUT2D eigenvalue weighted by Crippen LogP contribution is 2.22. The molecule has 1 aromatic heterocycles. The van der Waals surface area contributed by atoms with E-state index in [4.69, 9.17) is 26.8 Å². The first-order valence-electron chi connectivity index (χ1n) is 4.90. The van der Waals surface area contributed by atoms with Crippen LogP contribution >= 0.6 is 11.6 Å². The number of methoxy groups -OCH3 is 1. The predicted octanol–water partition coefficient (Wildman–Crippen LogP) is 1.91. The van der Waals surface area contributed by atoms with Gasteiger partial charge < -0.3 is 15.2 Å². The Morgan fingerprint density at radius 2 is 2.19 bits per heavy atom. The van der Waals surface area contributed by atoms with E-state index in [9.17, 15) is 0 Å². The molecule has 0 aliphatic rings. The lowest BCUT2D eigenvalue weighted by atomic mass is 10.1. The molecule has 5 nitrogen and oxygen atoms in total. The third-order valence-electron chi connectivity index (χ3n) is 2.23. The molecule has 16 heavy (non-hydrogen) atoms. The Morgan fingerprint density at radius 1 is 1.50 bits per heavy atom. The maximum absolute atomic E-state index is 5.84. The van der Waals surface area contributed by atoms with E-state index in [2.05, 4.69) is 9.97 Å². The van der Waals surface area contributed by atoms with Gasteiger partial charge in [-0.3, -0.25) is 0 Å². The summed E-state index contributed by atoms with van der Waals surface area (Å²) in [6, 6.07) is 0. The minimum absolute atomic E-state index is 0.144. The van der Waals surface area contributed by atoms with Gasteiger partial charge >= 0.3 is 0 Å². The van der Waals surface area contributed by atoms with Gasteiger partial charge in [0.15, 0.2) is 0 Å². The van der Waals surface area contributed by atoms with Crippen molar-refractivity contribution in [3.63, 3.8) is 0 Å². The molecule has 6 heteroatoms. The third-order valence-corrected chi connectivity index (χ3v) is 2.49. The number of rotatable bonds is 5. The number of nitrogen functional groups attached to an aromatic ring is 1. The van der Waals surface area contributed by atoms with E-state index in [1.54, 1.807) is 7.11 Å². The highest BCUT2D eigenvalue weighted by Gasteiger charge is 2.16. The summed E-state index contributed by atoms with van der Waals surface area (Å²) >= 11 is 5.84. The SMILES string of the molecule is COC(C)(C)CCOc1nc(N)ncc1Cl. The minimum Gasteiger partial charge on any atom is -0.476 e. The van der Waals surface area contributed by atoms with Crippen LogP contribution < -0.4 is 10.5 Å². The number of hydrogen-bond acceptors (Lipinski definition) is 5. The summed E-state index contributed by atoms with van der Waals surface area (Å²) in [5, 5.41) is 0.351. The normalized spacial score (nSPS) is 11.5. The van der Waals surface area contributed by atoms with Crippen molar-refractivity contribution < 1.29 is 9.47 Å². The Kier molecular flexibility index (Phi) is 4.32. The molecule has 0 radical (unpaired) electrons. The summed E-state index contributed by atoms with van der Waals surface area (Å²) in [6.07, 6.45) is 2.14. The third kappa shape index (κ3) is 3.83. The average molecular weight is 246 g/mol. The molecule has 0 saturated heterocycles. The second kappa shape index (κ2) is 5.32. The van der Waals surface area contributed by atoms with Crippen LogP contribution in [0.5, 0.6) is 5.88 Å². The maximum Gasteiger partial charge on any atom is 0.237 e. The largest absolute Gasteiger partial charge is 0.476 e. The van der Waals surface area contributed by atoms with Crippen molar-refractivity contribution in [2.45, 2.75) is 25.9 Å². The molecule has 0 spiro atoms. The lowest BCUT2D eigenvalue weighted by Gasteiger charge is -2.22. The number of nitrogens with zero attached hydrogens (tertiary/aromatic N) is 2. The molecule has 2 N–H and O–H groups in total. The lowest BCUT2D eigenvalue weighted by Crippen LogP contribution is -2.25. The molecule has 0 amide bonds. The highest BCUT2D eigenvalue weighted by molar-refractivity contribution is 6.31. The first kappa shape index (κ1) is 13.0. The molecule has 90 valence electrons. The highest BCUT2D eigenvalue weighted by atomic mass is 35.5. The number of anilines is 1. The van der Waals surface area contributed by atoms with E-state index in [-0.39, 0.29) is 11.5 Å². The number of ether oxygens (including phenoxy) is 2. The molecule has 1 aromatic rings. The van der Waals surface area contributed by atoms with E-state index < -0.39 is 0 Å². The molecule has 0 atom stereocenters. The monoisotopic (exact) mass is 245 g/mol. The van der Waals surface area contributed by atoms with Crippen LogP contribution in [0.25, 0.3) is 0 Å². The average Bonchev–Trinajstić information content (AvgIpc) is 2.23. The van der Waals surface area contributed by atoms with Crippen molar-refractivity contribution in [2.75, 3.05) is 19.5 Å². The van der Waals surface area contributed by atoms with Crippen LogP contribution in [0.4, 0.5) is 5.95 Å². The standard InChI is InChI=1S/C10H16ClN3O2/c1-10(2,15-3)4-5-16-8-7(11)6-13-9(12)14-8/h6H,4-5H2,1-3H3,(H2,12,13,14). The molecule has 1 rings (SSSR count). The van der Waals surface area contributed by atoms with Gasteiger partial charge in [0, 0.05) is 13.5 Å². The number of hydrogen-bond donors (Lipinski definition) is 1. The molecular formula is C10H16ClN3O2. The van der Waals surface area contributed by atoms with Gasteiger partial charge in [-0.1, -0.05) is 11.6 Å². The van der Waals surface area contributed by atoms with E-state index in [1.165, 1.54) is 6.20 Å². The van der Waals surface area contributed by atoms with Gasteiger partial charge in [-0.15, -0.1) is 0 Å². The number of halogens is 1. The van der Waals surface area contributed by atoms with Gasteiger partial charge in [0.1, 0.15) is 5.02 Å². The van der Waals surface area contributed by atoms with Crippen LogP contribution in [0.2, 0.25) is 5.02 Å². The number of aromatic nitrogens is 2. The van der Waals surface area contributed by atoms with Gasteiger partial charge in [-0.2, -0.15) is 4.98 Å². The first-order valence-corrected chi connectivity index (χ1v) is 5.28. The quantitative estimate of drug-likeness (QED) is 0.858. The summed E-state index contributed by atoms with van der Waals surface area (Å²) in [5.41, 5.74) is 5.19. The minimum atomic E-state index is -0.231. The molecule has 0 unspecified atom stereocenters. The Labute approximate surface area is 99.9 Å². The summed E-state index contributed by atoms with van der Waals surface area (Å²) in [5.74, 6) is 0.450. The molecular weight excluding hydrogens is 230 g/mol. The van der Waals surface area contributed by atoms with Crippen LogP contribution in [-0.4, -0.2) is 29.3 Å². The Hall–Kier alpha value is -1.07. The predicted molar refractivity (Wildman–Crippen MR) is 62.7 cm³/mol. The molecule has 0 aliphatic carbocycles. The first-order chi connectivity index (χ1) is 7.44. The smallest absolute Gasteiger partial charge is 0.237 e. The topological polar surface area (TPSA) is 70.3 Å². The Morgan fingerprint density at radius 3 is 2.81 bits per heavy atom. The second-order valence-corrected chi connectivity index (χ2v) is 4.35. The Bertz CT molecular complexity index is 358. The fourth-order valence-corrected chi connectivity index (χ4v) is 1.11. The van der Waals surface area contributed by atoms with Crippen molar-refractivity contribution in [3.8, 4) is 5.88 Å². The number of nitrogens with two attached hydrogens (primary N) is 1. The fourth-order valence-electron chi connectivity index (χ4n) is 0.961. The van der Waals surface area contributed by atoms with Crippen molar-refractivity contribution >= 4 is 17.5 Å². The zero-order valence-corrected chi connectivity index (χ0v) is 10.4. The van der Waals surface area contributed by atoms with E-state index in [1.807, 2.05) is 13.8 Å². The zero-order valence-electron chi connectivity index (χ0n) is 9.66. The van der Waals surface area contributed by atoms with Crippen LogP contribution in [0.1, 0.15) is 20.3 Å². The zero-order chi connectivity index (χ0) is 12.2. The molecule has 0 fully saturated rings. The van der Waals surface area contributed by atoms with Crippen LogP contribution in [0.3, 0.4) is 0 Å². The maximum atomic E-state index is 5.84. The second-order valence-electron chi connectivity index (χ2n) is 3.94. The van der Waals surface area contributed by atoms with Gasteiger partial charge in [-0.05, 0) is 13.8 Å². The van der Waals surface area contributed by atoms with Crippen LogP contribution in [0.15, 0.2) is 6.20 Å². The van der Waals surface area contributed by atoms with E-state index >= 15 is 0 Å². The van der Waals surface area contributed by atoms with E-state index in [0.717, 1.165) is 6.42 Å². The molecule has 0 aromatic carbocycles. The molecule has 0 saturated carbocycles. The van der Waals surface area contributed by atoms with Crippen LogP contribution in [0, 0.1) is 0 Å². The molecule has 0 aliphatic heterocycles. The van der Waals surface area contributed by atoms with Gasteiger partial charge in [0.2, 0.25) is 11.8 Å². The van der Waals surface area contributed by atoms with Crippen molar-refractivity contribution in [1.29, 1.82) is 0 Å². The summed E-state index contributed by atoms with van der Waals surface area (Å²) < 4.78 is 10.7. The van der Waals surface area contributed by atoms with Crippen molar-refractivity contribution in [3.05, 3.63) is 11.2 Å². The fraction of sp³-hybridized carbons (Fsp3) is 0.600. The summed E-state index contributed by atoms with van der Waals surface area (Å²) in [7, 11) is 1.66. The van der Waals surface area contributed by atoms with Gasteiger partial charge in [-0.25, -0.2) is 4.98 Å². The summed E-state index contributed by atoms with van der Waals surface area (Å²) in [6.45, 7) is 4.41. The van der Waals surface area contributed by atoms with Crippen LogP contribution in [-0.2, 0) is 4.74 Å². The lowest BCUT2D eigenvalue weighted by molar-refractivity contribution is 0.00510. The molecule has 1 heterocycles. The van der Waals surface area contributed by atoms with Gasteiger partial charge in [0.25, 0.3) is 0 Å². The van der Waals surface area contributed by atoms with Crippen molar-refractivity contribution in [2.24, 2.45) is 0 Å². The van der Waals surface area contributed by atoms with Crippen molar-refractivity contribution in [1.82, 2.24) is 9.97 Å².